The van der Waals surface area contributed by atoms with Crippen molar-refractivity contribution in [3.05, 3.63) is 54.3 Å². The van der Waals surface area contributed by atoms with E-state index in [1.165, 1.54) is 12.1 Å². The van der Waals surface area contributed by atoms with Gasteiger partial charge in [0.25, 0.3) is 5.89 Å². The Labute approximate surface area is 167 Å². The van der Waals surface area contributed by atoms with Gasteiger partial charge in [-0.05, 0) is 57.4 Å². The number of halogens is 1. The van der Waals surface area contributed by atoms with Crippen molar-refractivity contribution >= 4 is 6.09 Å². The zero-order valence-electron chi connectivity index (χ0n) is 16.4. The fourth-order valence-corrected chi connectivity index (χ4v) is 2.90. The molecule has 1 aliphatic carbocycles. The molecule has 1 aliphatic rings. The maximum absolute atomic E-state index is 13.4. The lowest BCUT2D eigenvalue weighted by Crippen LogP contribution is -2.39. The maximum atomic E-state index is 13.4. The van der Waals surface area contributed by atoms with Crippen LogP contribution in [0.3, 0.4) is 0 Å². The van der Waals surface area contributed by atoms with Gasteiger partial charge >= 0.3 is 6.09 Å². The van der Waals surface area contributed by atoms with E-state index in [4.69, 9.17) is 9.26 Å². The summed E-state index contributed by atoms with van der Waals surface area (Å²) in [6.45, 7) is 5.41. The Bertz CT molecular complexity index is 1040. The largest absolute Gasteiger partial charge is 0.444 e. The summed E-state index contributed by atoms with van der Waals surface area (Å²) < 4.78 is 24.1. The van der Waals surface area contributed by atoms with Crippen molar-refractivity contribution in [1.29, 1.82) is 0 Å². The number of nitrogens with zero attached hydrogens (tertiary/aromatic N) is 3. The number of amides is 1. The van der Waals surface area contributed by atoms with Crippen molar-refractivity contribution in [2.45, 2.75) is 44.8 Å². The van der Waals surface area contributed by atoms with Gasteiger partial charge in [0.1, 0.15) is 22.7 Å². The molecule has 2 heterocycles. The summed E-state index contributed by atoms with van der Waals surface area (Å²) in [5.41, 5.74) is 0.759. The summed E-state index contributed by atoms with van der Waals surface area (Å²) in [5, 5.41) is 6.82. The number of rotatable bonds is 4. The fraction of sp³-hybridized carbons (Fsp3) is 0.333. The van der Waals surface area contributed by atoms with E-state index in [0.29, 0.717) is 30.3 Å². The number of alkyl carbamates (subject to hydrolysis) is 1. The minimum Gasteiger partial charge on any atom is -0.444 e. The molecule has 150 valence electrons. The van der Waals surface area contributed by atoms with E-state index in [-0.39, 0.29) is 5.82 Å². The van der Waals surface area contributed by atoms with Crippen LogP contribution in [0, 0.1) is 5.82 Å². The van der Waals surface area contributed by atoms with Gasteiger partial charge in [0.2, 0.25) is 5.82 Å². The Balaban J connectivity index is 1.50. The summed E-state index contributed by atoms with van der Waals surface area (Å²) in [6, 6.07) is 9.87. The molecular weight excluding hydrogens is 375 g/mol. The summed E-state index contributed by atoms with van der Waals surface area (Å²) in [6.07, 6.45) is 2.50. The Kier molecular flexibility index (Phi) is 4.56. The standard InChI is InChI=1S/C21H21FN4O3/c1-20(2,3)28-19(27)25-21(9-10-21)18-24-17(26-29-18)16-8-7-14(12-23-16)13-5-4-6-15(22)11-13/h4-8,11-12H,9-10H2,1-3H3,(H,25,27). The lowest BCUT2D eigenvalue weighted by molar-refractivity contribution is 0.0483. The minimum absolute atomic E-state index is 0.304. The number of carbonyl (C=O) groups excluding carboxylic acids is 1. The highest BCUT2D eigenvalue weighted by Gasteiger charge is 2.51. The first-order valence-corrected chi connectivity index (χ1v) is 9.32. The summed E-state index contributed by atoms with van der Waals surface area (Å²) in [5.74, 6) is 0.346. The van der Waals surface area contributed by atoms with Crippen LogP contribution >= 0.6 is 0 Å². The average molecular weight is 396 g/mol. The van der Waals surface area contributed by atoms with Crippen LogP contribution in [-0.4, -0.2) is 26.8 Å². The number of nitrogens with one attached hydrogen (secondary N) is 1. The lowest BCUT2D eigenvalue weighted by atomic mass is 10.1. The molecule has 4 rings (SSSR count). The van der Waals surface area contributed by atoms with E-state index in [1.807, 2.05) is 12.1 Å². The number of pyridine rings is 1. The Hall–Kier alpha value is -3.29. The van der Waals surface area contributed by atoms with Gasteiger partial charge in [-0.1, -0.05) is 23.4 Å². The molecule has 1 aromatic carbocycles. The average Bonchev–Trinajstić information content (AvgIpc) is 3.25. The predicted molar refractivity (Wildman–Crippen MR) is 103 cm³/mol. The molecule has 1 N–H and O–H groups in total. The Morgan fingerprint density at radius 3 is 2.62 bits per heavy atom. The zero-order valence-corrected chi connectivity index (χ0v) is 16.4. The first kappa shape index (κ1) is 19.0. The molecule has 0 aliphatic heterocycles. The van der Waals surface area contributed by atoms with Crippen molar-refractivity contribution < 1.29 is 18.4 Å². The minimum atomic E-state index is -0.685. The molecule has 0 unspecified atom stereocenters. The molecule has 0 spiro atoms. The van der Waals surface area contributed by atoms with Gasteiger partial charge in [-0.25, -0.2) is 9.18 Å². The number of hydrogen-bond acceptors (Lipinski definition) is 6. The summed E-state index contributed by atoms with van der Waals surface area (Å²) >= 11 is 0. The van der Waals surface area contributed by atoms with Crippen molar-refractivity contribution in [2.24, 2.45) is 0 Å². The number of carbonyl (C=O) groups is 1. The normalized spacial score (nSPS) is 15.0. The van der Waals surface area contributed by atoms with E-state index < -0.39 is 17.2 Å². The molecule has 1 saturated carbocycles. The molecule has 1 fully saturated rings. The van der Waals surface area contributed by atoms with E-state index >= 15 is 0 Å². The number of ether oxygens (including phenoxy) is 1. The molecule has 2 aromatic heterocycles. The molecule has 29 heavy (non-hydrogen) atoms. The van der Waals surface area contributed by atoms with Gasteiger partial charge in [-0.15, -0.1) is 0 Å². The second kappa shape index (κ2) is 6.95. The molecule has 7 nitrogen and oxygen atoms in total. The lowest BCUT2D eigenvalue weighted by Gasteiger charge is -2.21. The highest BCUT2D eigenvalue weighted by atomic mass is 19.1. The van der Waals surface area contributed by atoms with E-state index in [2.05, 4.69) is 20.4 Å². The third kappa shape index (κ3) is 4.26. The highest BCUT2D eigenvalue weighted by molar-refractivity contribution is 5.69. The van der Waals surface area contributed by atoms with Crippen LogP contribution in [0.1, 0.15) is 39.5 Å². The number of hydrogen-bond donors (Lipinski definition) is 1. The molecule has 0 bridgehead atoms. The van der Waals surface area contributed by atoms with Gasteiger partial charge in [0, 0.05) is 11.8 Å². The Morgan fingerprint density at radius 2 is 2.00 bits per heavy atom. The van der Waals surface area contributed by atoms with Gasteiger partial charge in [0.05, 0.1) is 0 Å². The van der Waals surface area contributed by atoms with Crippen molar-refractivity contribution in [3.8, 4) is 22.6 Å². The molecule has 8 heteroatoms. The second-order valence-corrected chi connectivity index (χ2v) is 8.07. The third-order valence-corrected chi connectivity index (χ3v) is 4.48. The molecule has 0 radical (unpaired) electrons. The van der Waals surface area contributed by atoms with Crippen LogP contribution in [0.15, 0.2) is 47.1 Å². The topological polar surface area (TPSA) is 90.1 Å². The van der Waals surface area contributed by atoms with E-state index in [0.717, 1.165) is 11.1 Å². The maximum Gasteiger partial charge on any atom is 0.408 e. The molecule has 3 aromatic rings. The van der Waals surface area contributed by atoms with E-state index in [1.54, 1.807) is 39.1 Å². The van der Waals surface area contributed by atoms with Crippen LogP contribution < -0.4 is 5.32 Å². The predicted octanol–water partition coefficient (Wildman–Crippen LogP) is 4.45. The Morgan fingerprint density at radius 1 is 1.21 bits per heavy atom. The van der Waals surface area contributed by atoms with Gasteiger partial charge in [-0.3, -0.25) is 4.98 Å². The van der Waals surface area contributed by atoms with Crippen LogP contribution in [0.25, 0.3) is 22.6 Å². The van der Waals surface area contributed by atoms with Crippen LogP contribution in [0.2, 0.25) is 0 Å². The molecule has 0 atom stereocenters. The zero-order chi connectivity index (χ0) is 20.6. The molecule has 0 saturated heterocycles. The van der Waals surface area contributed by atoms with Crippen molar-refractivity contribution in [3.63, 3.8) is 0 Å². The van der Waals surface area contributed by atoms with Crippen molar-refractivity contribution in [1.82, 2.24) is 20.4 Å². The third-order valence-electron chi connectivity index (χ3n) is 4.48. The van der Waals surface area contributed by atoms with Crippen LogP contribution in [0.5, 0.6) is 0 Å². The summed E-state index contributed by atoms with van der Waals surface area (Å²) in [4.78, 5) is 20.9. The van der Waals surface area contributed by atoms with Gasteiger partial charge in [-0.2, -0.15) is 4.98 Å². The smallest absolute Gasteiger partial charge is 0.408 e. The fourth-order valence-electron chi connectivity index (χ4n) is 2.90. The first-order chi connectivity index (χ1) is 13.7. The highest BCUT2D eigenvalue weighted by Crippen LogP contribution is 2.45. The van der Waals surface area contributed by atoms with Crippen LogP contribution in [0.4, 0.5) is 9.18 Å². The monoisotopic (exact) mass is 396 g/mol. The van der Waals surface area contributed by atoms with E-state index in [9.17, 15) is 9.18 Å². The molecule has 1 amide bonds. The number of benzene rings is 1. The summed E-state index contributed by atoms with van der Waals surface area (Å²) in [7, 11) is 0. The van der Waals surface area contributed by atoms with Crippen molar-refractivity contribution in [2.75, 3.05) is 0 Å². The van der Waals surface area contributed by atoms with Gasteiger partial charge in [0.15, 0.2) is 0 Å². The first-order valence-electron chi connectivity index (χ1n) is 9.32. The SMILES string of the molecule is CC(C)(C)OC(=O)NC1(c2nc(-c3ccc(-c4cccc(F)c4)cn3)no2)CC1. The van der Waals surface area contributed by atoms with Crippen LogP contribution in [-0.2, 0) is 10.3 Å². The van der Waals surface area contributed by atoms with Gasteiger partial charge < -0.3 is 14.6 Å². The quantitative estimate of drug-likeness (QED) is 0.701. The second-order valence-electron chi connectivity index (χ2n) is 8.07. The number of aromatic nitrogens is 3. The molecular formula is C21H21FN4O3.